The van der Waals surface area contributed by atoms with Crippen molar-refractivity contribution in [1.29, 1.82) is 0 Å². The SMILES string of the molecule is Cc1ncsc1CN1CCC2(CC1)CC(OCc1cccnc1)CO2.O=C(O)C(F)(F)F.O=C(O)C(F)(F)F. The van der Waals surface area contributed by atoms with Gasteiger partial charge in [-0.2, -0.15) is 26.3 Å². The number of hydrogen-bond acceptors (Lipinski definition) is 8. The Labute approximate surface area is 223 Å². The van der Waals surface area contributed by atoms with Crippen LogP contribution in [-0.4, -0.2) is 80.8 Å². The third-order valence-electron chi connectivity index (χ3n) is 5.85. The molecular formula is C23H27F6N3O6S. The van der Waals surface area contributed by atoms with Crippen molar-refractivity contribution in [3.8, 4) is 0 Å². The van der Waals surface area contributed by atoms with E-state index in [9.17, 15) is 26.3 Å². The topological polar surface area (TPSA) is 122 Å². The number of hydrogen-bond donors (Lipinski definition) is 2. The van der Waals surface area contributed by atoms with Crippen molar-refractivity contribution in [3.05, 3.63) is 46.2 Å². The van der Waals surface area contributed by atoms with Crippen LogP contribution in [-0.2, 0) is 32.2 Å². The number of piperidine rings is 1. The summed E-state index contributed by atoms with van der Waals surface area (Å²) in [6.07, 6.45) is -3.10. The van der Waals surface area contributed by atoms with E-state index in [0.717, 1.165) is 44.5 Å². The highest BCUT2D eigenvalue weighted by molar-refractivity contribution is 7.09. The molecule has 2 aromatic heterocycles. The lowest BCUT2D eigenvalue weighted by Gasteiger charge is -2.38. The molecule has 0 saturated carbocycles. The summed E-state index contributed by atoms with van der Waals surface area (Å²) in [5.74, 6) is -5.51. The number of rotatable bonds is 5. The smallest absolute Gasteiger partial charge is 0.475 e. The number of thiazole rings is 1. The Hall–Kier alpha value is -2.82. The van der Waals surface area contributed by atoms with Crippen LogP contribution in [0, 0.1) is 6.92 Å². The molecular weight excluding hydrogens is 560 g/mol. The summed E-state index contributed by atoms with van der Waals surface area (Å²) in [6.45, 7) is 6.64. The molecule has 0 aromatic carbocycles. The number of aryl methyl sites for hydroxylation is 1. The number of nitrogens with zero attached hydrogens (tertiary/aromatic N) is 3. The normalized spacial score (nSPS) is 19.0. The van der Waals surface area contributed by atoms with Crippen LogP contribution in [0.4, 0.5) is 26.3 Å². The molecule has 1 unspecified atom stereocenters. The number of pyridine rings is 1. The highest BCUT2D eigenvalue weighted by Gasteiger charge is 2.43. The molecule has 2 aliphatic rings. The van der Waals surface area contributed by atoms with Crippen LogP contribution >= 0.6 is 11.3 Å². The van der Waals surface area contributed by atoms with Crippen LogP contribution in [0.2, 0.25) is 0 Å². The van der Waals surface area contributed by atoms with Gasteiger partial charge in [0, 0.05) is 43.3 Å². The van der Waals surface area contributed by atoms with Gasteiger partial charge in [0.15, 0.2) is 0 Å². The summed E-state index contributed by atoms with van der Waals surface area (Å²) in [4.78, 5) is 30.2. The summed E-state index contributed by atoms with van der Waals surface area (Å²) < 4.78 is 75.7. The third-order valence-corrected chi connectivity index (χ3v) is 6.77. The molecule has 0 amide bonds. The molecule has 0 aliphatic carbocycles. The van der Waals surface area contributed by atoms with Crippen LogP contribution in [0.3, 0.4) is 0 Å². The van der Waals surface area contributed by atoms with Crippen molar-refractivity contribution in [3.63, 3.8) is 0 Å². The summed E-state index contributed by atoms with van der Waals surface area (Å²) >= 11 is 1.76. The number of carboxylic acid groups (broad SMARTS) is 2. The number of alkyl halides is 6. The van der Waals surface area contributed by atoms with E-state index in [1.807, 2.05) is 17.8 Å². The lowest BCUT2D eigenvalue weighted by Crippen LogP contribution is -2.43. The van der Waals surface area contributed by atoms with E-state index >= 15 is 0 Å². The van der Waals surface area contributed by atoms with E-state index in [2.05, 4.69) is 27.9 Å². The highest BCUT2D eigenvalue weighted by Crippen LogP contribution is 2.37. The van der Waals surface area contributed by atoms with Gasteiger partial charge in [-0.15, -0.1) is 11.3 Å². The van der Waals surface area contributed by atoms with E-state index in [1.54, 1.807) is 17.5 Å². The van der Waals surface area contributed by atoms with Gasteiger partial charge in [0.1, 0.15) is 0 Å². The van der Waals surface area contributed by atoms with Crippen LogP contribution in [0.15, 0.2) is 30.0 Å². The van der Waals surface area contributed by atoms with E-state index in [1.165, 1.54) is 10.6 Å². The molecule has 2 fully saturated rings. The molecule has 218 valence electrons. The first-order valence-corrected chi connectivity index (χ1v) is 12.4. The second kappa shape index (κ2) is 14.0. The molecule has 1 atom stereocenters. The number of halogens is 6. The van der Waals surface area contributed by atoms with E-state index in [-0.39, 0.29) is 11.7 Å². The van der Waals surface area contributed by atoms with Gasteiger partial charge in [-0.05, 0) is 31.4 Å². The van der Waals surface area contributed by atoms with E-state index in [4.69, 9.17) is 29.3 Å². The molecule has 2 N–H and O–H groups in total. The van der Waals surface area contributed by atoms with Gasteiger partial charge in [0.25, 0.3) is 0 Å². The highest BCUT2D eigenvalue weighted by atomic mass is 32.1. The minimum Gasteiger partial charge on any atom is -0.475 e. The van der Waals surface area contributed by atoms with Gasteiger partial charge < -0.3 is 19.7 Å². The Morgan fingerprint density at radius 3 is 2.21 bits per heavy atom. The number of carboxylic acids is 2. The first-order valence-electron chi connectivity index (χ1n) is 11.5. The Balaban J connectivity index is 0.000000317. The maximum atomic E-state index is 10.6. The molecule has 16 heteroatoms. The molecule has 1 spiro atoms. The molecule has 39 heavy (non-hydrogen) atoms. The third kappa shape index (κ3) is 11.1. The predicted octanol–water partition coefficient (Wildman–Crippen LogP) is 4.45. The van der Waals surface area contributed by atoms with Crippen molar-refractivity contribution in [2.24, 2.45) is 0 Å². The molecule has 0 bridgehead atoms. The maximum absolute atomic E-state index is 10.6. The summed E-state index contributed by atoms with van der Waals surface area (Å²) in [6, 6.07) is 4.00. The predicted molar refractivity (Wildman–Crippen MR) is 125 cm³/mol. The van der Waals surface area contributed by atoms with Crippen LogP contribution in [0.5, 0.6) is 0 Å². The quantitative estimate of drug-likeness (QED) is 0.489. The maximum Gasteiger partial charge on any atom is 0.490 e. The van der Waals surface area contributed by atoms with Crippen LogP contribution in [0.1, 0.15) is 35.4 Å². The molecule has 2 aliphatic heterocycles. The number of ether oxygens (including phenoxy) is 2. The zero-order valence-corrected chi connectivity index (χ0v) is 21.5. The first-order chi connectivity index (χ1) is 18.1. The zero-order valence-electron chi connectivity index (χ0n) is 20.7. The minimum absolute atomic E-state index is 0.0266. The monoisotopic (exact) mass is 587 g/mol. The summed E-state index contributed by atoms with van der Waals surface area (Å²) in [5, 5.41) is 14.2. The van der Waals surface area contributed by atoms with Crippen molar-refractivity contribution in [1.82, 2.24) is 14.9 Å². The van der Waals surface area contributed by atoms with Gasteiger partial charge in [-0.1, -0.05) is 6.07 Å². The van der Waals surface area contributed by atoms with Crippen LogP contribution in [0.25, 0.3) is 0 Å². The van der Waals surface area contributed by atoms with Crippen molar-refractivity contribution in [2.45, 2.75) is 63.4 Å². The Kier molecular flexibility index (Phi) is 11.6. The Morgan fingerprint density at radius 1 is 1.15 bits per heavy atom. The second-order valence-corrected chi connectivity index (χ2v) is 9.67. The lowest BCUT2D eigenvalue weighted by molar-refractivity contribution is -0.193. The number of likely N-dealkylation sites (tertiary alicyclic amines) is 1. The van der Waals surface area contributed by atoms with Gasteiger partial charge in [-0.3, -0.25) is 9.88 Å². The molecule has 4 rings (SSSR count). The van der Waals surface area contributed by atoms with E-state index < -0.39 is 24.3 Å². The number of aromatic nitrogens is 2. The lowest BCUT2D eigenvalue weighted by atomic mass is 9.88. The molecule has 4 heterocycles. The molecule has 0 radical (unpaired) electrons. The average Bonchev–Trinajstić information content (AvgIpc) is 3.45. The Morgan fingerprint density at radius 2 is 1.74 bits per heavy atom. The van der Waals surface area contributed by atoms with Gasteiger partial charge >= 0.3 is 24.3 Å². The Bertz CT molecular complexity index is 1030. The molecule has 9 nitrogen and oxygen atoms in total. The first kappa shape index (κ1) is 32.4. The fourth-order valence-corrected chi connectivity index (χ4v) is 4.57. The minimum atomic E-state index is -5.08. The average molecular weight is 588 g/mol. The van der Waals surface area contributed by atoms with Crippen molar-refractivity contribution >= 4 is 23.3 Å². The standard InChI is InChI=1S/C19H25N3O2S.2C2HF3O2/c1-15-18(25-14-21-15)11-22-7-4-19(5-8-22)9-17(13-24-19)23-12-16-3-2-6-20-10-16;2*3-2(4,5)1(6)7/h2-3,6,10,14,17H,4-5,7-9,11-13H2,1H3;2*(H,6,7). The molecule has 2 aromatic rings. The summed E-state index contributed by atoms with van der Waals surface area (Å²) in [7, 11) is 0. The number of aliphatic carboxylic acids is 2. The molecule has 2 saturated heterocycles. The van der Waals surface area contributed by atoms with Gasteiger partial charge in [0.2, 0.25) is 0 Å². The largest absolute Gasteiger partial charge is 0.490 e. The summed E-state index contributed by atoms with van der Waals surface area (Å²) in [5.41, 5.74) is 4.27. The zero-order chi connectivity index (χ0) is 29.3. The number of carbonyl (C=O) groups is 2. The fourth-order valence-electron chi connectivity index (χ4n) is 3.76. The van der Waals surface area contributed by atoms with Gasteiger partial charge in [0.05, 0.1) is 36.1 Å². The fraction of sp³-hybridized carbons (Fsp3) is 0.565. The second-order valence-electron chi connectivity index (χ2n) is 8.74. The van der Waals surface area contributed by atoms with Crippen molar-refractivity contribution in [2.75, 3.05) is 19.7 Å². The van der Waals surface area contributed by atoms with Gasteiger partial charge in [-0.25, -0.2) is 14.6 Å². The van der Waals surface area contributed by atoms with Crippen LogP contribution < -0.4 is 0 Å². The van der Waals surface area contributed by atoms with E-state index in [0.29, 0.717) is 13.2 Å². The van der Waals surface area contributed by atoms with Crippen molar-refractivity contribution < 1.29 is 55.6 Å².